The number of nitrogens with zero attached hydrogens (tertiary/aromatic N) is 6. The van der Waals surface area contributed by atoms with Crippen molar-refractivity contribution in [2.24, 2.45) is 0 Å². The van der Waals surface area contributed by atoms with Gasteiger partial charge in [-0.05, 0) is 18.2 Å². The molecule has 0 bridgehead atoms. The maximum Gasteiger partial charge on any atom is 0.292 e. The van der Waals surface area contributed by atoms with E-state index in [4.69, 9.17) is 11.6 Å². The molecule has 10 heteroatoms. The number of benzene rings is 1. The third kappa shape index (κ3) is 4.83. The number of piperazine rings is 1. The van der Waals surface area contributed by atoms with E-state index in [0.717, 1.165) is 0 Å². The molecule has 1 aliphatic rings. The number of carbonyl (C=O) groups excluding carboxylic acids is 1. The van der Waals surface area contributed by atoms with Crippen molar-refractivity contribution in [2.45, 2.75) is 6.42 Å². The zero-order valence-electron chi connectivity index (χ0n) is 16.8. The van der Waals surface area contributed by atoms with Crippen LogP contribution in [0.15, 0.2) is 59.8 Å². The predicted molar refractivity (Wildman–Crippen MR) is 119 cm³/mol. The summed E-state index contributed by atoms with van der Waals surface area (Å²) in [6.07, 6.45) is 5.22. The summed E-state index contributed by atoms with van der Waals surface area (Å²) in [5.74, 6) is 0.728. The van der Waals surface area contributed by atoms with Crippen LogP contribution in [-0.2, 0) is 4.79 Å². The molecule has 1 saturated heterocycles. The quantitative estimate of drug-likeness (QED) is 0.625. The Morgan fingerprint density at radius 1 is 1.03 bits per heavy atom. The Bertz CT molecular complexity index is 1080. The van der Waals surface area contributed by atoms with Gasteiger partial charge in [-0.1, -0.05) is 29.8 Å². The fourth-order valence-corrected chi connectivity index (χ4v) is 3.58. The zero-order chi connectivity index (χ0) is 21.6. The number of aromatic nitrogens is 4. The van der Waals surface area contributed by atoms with Crippen molar-refractivity contribution in [3.63, 3.8) is 0 Å². The fraction of sp³-hybridized carbons (Fsp3) is 0.286. The van der Waals surface area contributed by atoms with Gasteiger partial charge in [0.15, 0.2) is 0 Å². The molecule has 3 heterocycles. The van der Waals surface area contributed by atoms with Crippen LogP contribution in [0.25, 0.3) is 5.69 Å². The molecule has 3 aromatic rings. The van der Waals surface area contributed by atoms with Crippen molar-refractivity contribution in [1.82, 2.24) is 24.6 Å². The van der Waals surface area contributed by atoms with Crippen LogP contribution < -0.4 is 15.8 Å². The number of amides is 1. The van der Waals surface area contributed by atoms with Crippen LogP contribution in [-0.4, -0.2) is 63.3 Å². The molecule has 2 aromatic heterocycles. The van der Waals surface area contributed by atoms with E-state index in [-0.39, 0.29) is 10.9 Å². The van der Waals surface area contributed by atoms with Crippen LogP contribution in [0, 0.1) is 0 Å². The highest BCUT2D eigenvalue weighted by atomic mass is 35.5. The molecule has 0 unspecified atom stereocenters. The second-order valence-corrected chi connectivity index (χ2v) is 7.40. The van der Waals surface area contributed by atoms with Gasteiger partial charge in [0.05, 0.1) is 17.6 Å². The standard InChI is InChI=1S/C21H22ClN7O2/c22-19-17(15-26-29(20(19)31)16-5-2-1-3-6-16)23-10-7-18(30)27-11-13-28(14-12-27)21-24-8-4-9-25-21/h1-6,8-9,15,23H,7,10-14H2. The van der Waals surface area contributed by atoms with Crippen LogP contribution in [0.1, 0.15) is 6.42 Å². The minimum Gasteiger partial charge on any atom is -0.382 e. The van der Waals surface area contributed by atoms with Crippen molar-refractivity contribution in [3.05, 3.63) is 70.4 Å². The van der Waals surface area contributed by atoms with Gasteiger partial charge < -0.3 is 15.1 Å². The van der Waals surface area contributed by atoms with Gasteiger partial charge in [-0.15, -0.1) is 0 Å². The number of hydrogen-bond acceptors (Lipinski definition) is 7. The summed E-state index contributed by atoms with van der Waals surface area (Å²) < 4.78 is 1.24. The first kappa shape index (κ1) is 20.8. The number of carbonyl (C=O) groups is 1. The summed E-state index contributed by atoms with van der Waals surface area (Å²) in [5, 5.41) is 7.27. The zero-order valence-corrected chi connectivity index (χ0v) is 17.6. The normalized spacial score (nSPS) is 13.8. The lowest BCUT2D eigenvalue weighted by atomic mass is 10.2. The van der Waals surface area contributed by atoms with Crippen LogP contribution in [0.2, 0.25) is 5.02 Å². The van der Waals surface area contributed by atoms with Crippen molar-refractivity contribution in [3.8, 4) is 5.69 Å². The molecule has 1 N–H and O–H groups in total. The highest BCUT2D eigenvalue weighted by molar-refractivity contribution is 6.32. The third-order valence-electron chi connectivity index (χ3n) is 5.04. The van der Waals surface area contributed by atoms with Gasteiger partial charge in [0.1, 0.15) is 5.02 Å². The minimum absolute atomic E-state index is 0.0442. The van der Waals surface area contributed by atoms with E-state index in [0.29, 0.717) is 56.5 Å². The molecule has 0 aliphatic carbocycles. The second-order valence-electron chi connectivity index (χ2n) is 7.02. The van der Waals surface area contributed by atoms with Crippen LogP contribution in [0.5, 0.6) is 0 Å². The number of halogens is 1. The first-order valence-electron chi connectivity index (χ1n) is 10.0. The highest BCUT2D eigenvalue weighted by Gasteiger charge is 2.22. The van der Waals surface area contributed by atoms with E-state index in [9.17, 15) is 9.59 Å². The predicted octanol–water partition coefficient (Wildman–Crippen LogP) is 1.83. The molecular formula is C21H22ClN7O2. The van der Waals surface area contributed by atoms with Gasteiger partial charge in [-0.3, -0.25) is 9.59 Å². The van der Waals surface area contributed by atoms with Gasteiger partial charge in [0, 0.05) is 51.5 Å². The molecule has 0 radical (unpaired) electrons. The van der Waals surface area contributed by atoms with Crippen molar-refractivity contribution in [2.75, 3.05) is 42.9 Å². The Labute approximate surface area is 184 Å². The smallest absolute Gasteiger partial charge is 0.292 e. The number of hydrogen-bond donors (Lipinski definition) is 1. The Hall–Kier alpha value is -3.46. The molecule has 1 amide bonds. The monoisotopic (exact) mass is 439 g/mol. The van der Waals surface area contributed by atoms with Gasteiger partial charge >= 0.3 is 0 Å². The average molecular weight is 440 g/mol. The van der Waals surface area contributed by atoms with E-state index < -0.39 is 5.56 Å². The Morgan fingerprint density at radius 3 is 2.45 bits per heavy atom. The molecule has 0 atom stereocenters. The molecular weight excluding hydrogens is 418 g/mol. The third-order valence-corrected chi connectivity index (χ3v) is 5.41. The lowest BCUT2D eigenvalue weighted by Crippen LogP contribution is -2.49. The molecule has 31 heavy (non-hydrogen) atoms. The summed E-state index contributed by atoms with van der Waals surface area (Å²) in [6, 6.07) is 10.8. The Balaban J connectivity index is 1.29. The molecule has 160 valence electrons. The number of anilines is 2. The lowest BCUT2D eigenvalue weighted by Gasteiger charge is -2.34. The first-order valence-corrected chi connectivity index (χ1v) is 10.4. The van der Waals surface area contributed by atoms with Crippen molar-refractivity contribution in [1.29, 1.82) is 0 Å². The van der Waals surface area contributed by atoms with E-state index >= 15 is 0 Å². The second kappa shape index (κ2) is 9.57. The summed E-state index contributed by atoms with van der Waals surface area (Å²) >= 11 is 6.24. The van der Waals surface area contributed by atoms with Crippen LogP contribution >= 0.6 is 11.6 Å². The van der Waals surface area contributed by atoms with E-state index in [1.165, 1.54) is 10.9 Å². The summed E-state index contributed by atoms with van der Waals surface area (Å²) in [7, 11) is 0. The maximum atomic E-state index is 12.5. The molecule has 4 rings (SSSR count). The number of para-hydroxylation sites is 1. The van der Waals surface area contributed by atoms with Crippen LogP contribution in [0.3, 0.4) is 0 Å². The Kier molecular flexibility index (Phi) is 6.42. The fourth-order valence-electron chi connectivity index (χ4n) is 3.38. The van der Waals surface area contributed by atoms with Crippen molar-refractivity contribution < 1.29 is 4.79 Å². The van der Waals surface area contributed by atoms with Gasteiger partial charge in [-0.2, -0.15) is 9.78 Å². The molecule has 1 aliphatic heterocycles. The largest absolute Gasteiger partial charge is 0.382 e. The van der Waals surface area contributed by atoms with Gasteiger partial charge in [-0.25, -0.2) is 9.97 Å². The highest BCUT2D eigenvalue weighted by Crippen LogP contribution is 2.17. The summed E-state index contributed by atoms with van der Waals surface area (Å²) in [5.41, 5.74) is 0.636. The molecule has 1 aromatic carbocycles. The topological polar surface area (TPSA) is 96.2 Å². The maximum absolute atomic E-state index is 12.5. The van der Waals surface area contributed by atoms with E-state index in [1.54, 1.807) is 30.6 Å². The molecule has 9 nitrogen and oxygen atoms in total. The lowest BCUT2D eigenvalue weighted by molar-refractivity contribution is -0.131. The molecule has 0 saturated carbocycles. The summed E-state index contributed by atoms with van der Waals surface area (Å²) in [4.78, 5) is 37.5. The SMILES string of the molecule is O=C(CCNc1cnn(-c2ccccc2)c(=O)c1Cl)N1CCN(c2ncccn2)CC1. The minimum atomic E-state index is -0.413. The van der Waals surface area contributed by atoms with Crippen LogP contribution in [0.4, 0.5) is 11.6 Å². The molecule has 1 fully saturated rings. The van der Waals surface area contributed by atoms with Gasteiger partial charge in [0.2, 0.25) is 11.9 Å². The molecule has 0 spiro atoms. The van der Waals surface area contributed by atoms with E-state index in [2.05, 4.69) is 25.3 Å². The number of rotatable bonds is 6. The Morgan fingerprint density at radius 2 is 1.74 bits per heavy atom. The number of nitrogens with one attached hydrogen (secondary N) is 1. The first-order chi connectivity index (χ1) is 15.1. The van der Waals surface area contributed by atoms with Gasteiger partial charge in [0.25, 0.3) is 5.56 Å². The summed E-state index contributed by atoms with van der Waals surface area (Å²) in [6.45, 7) is 2.98. The average Bonchev–Trinajstić information content (AvgIpc) is 2.83. The van der Waals surface area contributed by atoms with E-state index in [1.807, 2.05) is 23.1 Å². The van der Waals surface area contributed by atoms with Crippen molar-refractivity contribution >= 4 is 29.1 Å².